The Morgan fingerprint density at radius 2 is 1.88 bits per heavy atom. The number of benzene rings is 1. The van der Waals surface area contributed by atoms with Gasteiger partial charge >= 0.3 is 0 Å². The van der Waals surface area contributed by atoms with Gasteiger partial charge in [0.2, 0.25) is 5.91 Å². The summed E-state index contributed by atoms with van der Waals surface area (Å²) < 4.78 is 0. The van der Waals surface area contributed by atoms with E-state index in [1.807, 2.05) is 0 Å². The second kappa shape index (κ2) is 8.22. The average Bonchev–Trinajstić information content (AvgIpc) is 3.09. The van der Waals surface area contributed by atoms with Gasteiger partial charge in [-0.15, -0.1) is 0 Å². The summed E-state index contributed by atoms with van der Waals surface area (Å²) in [5.74, 6) is 1.06. The van der Waals surface area contributed by atoms with Crippen LogP contribution in [0, 0.1) is 18.8 Å². The number of hydrogen-bond acceptors (Lipinski definition) is 3. The maximum atomic E-state index is 12.5. The van der Waals surface area contributed by atoms with Gasteiger partial charge in [-0.2, -0.15) is 0 Å². The van der Waals surface area contributed by atoms with Crippen LogP contribution in [0.15, 0.2) is 24.3 Å². The first-order valence-electron chi connectivity index (χ1n) is 9.87. The lowest BCUT2D eigenvalue weighted by Gasteiger charge is -2.34. The molecule has 1 amide bonds. The summed E-state index contributed by atoms with van der Waals surface area (Å²) in [6.45, 7) is 11.7. The van der Waals surface area contributed by atoms with E-state index in [0.29, 0.717) is 12.0 Å². The van der Waals surface area contributed by atoms with Gasteiger partial charge in [0.1, 0.15) is 0 Å². The molecule has 0 radical (unpaired) electrons. The first kappa shape index (κ1) is 18.2. The summed E-state index contributed by atoms with van der Waals surface area (Å²) in [6, 6.07) is 9.18. The van der Waals surface area contributed by atoms with Crippen molar-refractivity contribution in [2.24, 2.45) is 11.8 Å². The molecule has 1 atom stereocenters. The van der Waals surface area contributed by atoms with Crippen molar-refractivity contribution in [3.05, 3.63) is 29.8 Å². The average molecular weight is 344 g/mol. The van der Waals surface area contributed by atoms with Crippen molar-refractivity contribution in [3.63, 3.8) is 0 Å². The van der Waals surface area contributed by atoms with Crippen LogP contribution >= 0.6 is 0 Å². The third-order valence-corrected chi connectivity index (χ3v) is 5.94. The summed E-state index contributed by atoms with van der Waals surface area (Å²) >= 11 is 0. The Bertz CT molecular complexity index is 578. The van der Waals surface area contributed by atoms with Crippen molar-refractivity contribution in [2.75, 3.05) is 37.6 Å². The molecule has 2 saturated heterocycles. The highest BCUT2D eigenvalue weighted by Gasteiger charge is 2.28. The molecule has 0 spiro atoms. The standard InChI is InChI=1S/C21H33N3O/c1-16(2)23-12-9-19(10-13-23)21(25)22-14-18-8-11-24(15-18)20-7-5-4-6-17(20)3/h4-7,16,18-19H,8-15H2,1-3H3,(H,22,25)/t18-/m1/s1. The molecule has 1 aromatic carbocycles. The van der Waals surface area contributed by atoms with Crippen molar-refractivity contribution in [2.45, 2.75) is 46.1 Å². The van der Waals surface area contributed by atoms with Crippen LogP contribution in [0.5, 0.6) is 0 Å². The molecule has 2 heterocycles. The number of aryl methyl sites for hydroxylation is 1. The third-order valence-electron chi connectivity index (χ3n) is 5.94. The Labute approximate surface area is 152 Å². The van der Waals surface area contributed by atoms with Gasteiger partial charge in [-0.1, -0.05) is 18.2 Å². The van der Waals surface area contributed by atoms with Crippen molar-refractivity contribution < 1.29 is 4.79 Å². The zero-order chi connectivity index (χ0) is 17.8. The van der Waals surface area contributed by atoms with E-state index >= 15 is 0 Å². The highest BCUT2D eigenvalue weighted by atomic mass is 16.1. The fourth-order valence-electron chi connectivity index (χ4n) is 4.20. The molecule has 4 heteroatoms. The quantitative estimate of drug-likeness (QED) is 0.892. The molecule has 1 N–H and O–H groups in total. The number of nitrogens with one attached hydrogen (secondary N) is 1. The lowest BCUT2D eigenvalue weighted by Crippen LogP contribution is -2.44. The first-order valence-corrected chi connectivity index (χ1v) is 9.87. The number of carbonyl (C=O) groups is 1. The van der Waals surface area contributed by atoms with Gasteiger partial charge in [-0.25, -0.2) is 0 Å². The van der Waals surface area contributed by atoms with Crippen LogP contribution in [-0.2, 0) is 4.79 Å². The minimum atomic E-state index is 0.212. The molecular formula is C21H33N3O. The van der Waals surface area contributed by atoms with Gasteiger partial charge in [-0.05, 0) is 70.7 Å². The van der Waals surface area contributed by atoms with E-state index in [4.69, 9.17) is 0 Å². The molecule has 138 valence electrons. The molecule has 0 bridgehead atoms. The van der Waals surface area contributed by atoms with Gasteiger partial charge in [0.05, 0.1) is 0 Å². The molecule has 2 aliphatic rings. The highest BCUT2D eigenvalue weighted by Crippen LogP contribution is 2.26. The Morgan fingerprint density at radius 1 is 1.16 bits per heavy atom. The largest absolute Gasteiger partial charge is 0.371 e. The lowest BCUT2D eigenvalue weighted by atomic mass is 9.95. The van der Waals surface area contributed by atoms with Crippen LogP contribution < -0.4 is 10.2 Å². The Balaban J connectivity index is 1.42. The zero-order valence-corrected chi connectivity index (χ0v) is 16.0. The van der Waals surface area contributed by atoms with E-state index in [2.05, 4.69) is 60.2 Å². The number of rotatable bonds is 5. The van der Waals surface area contributed by atoms with Gasteiger partial charge in [0.15, 0.2) is 0 Å². The van der Waals surface area contributed by atoms with Crippen LogP contribution in [0.2, 0.25) is 0 Å². The molecule has 0 saturated carbocycles. The lowest BCUT2D eigenvalue weighted by molar-refractivity contribution is -0.126. The van der Waals surface area contributed by atoms with Crippen molar-refractivity contribution in [1.29, 1.82) is 0 Å². The maximum absolute atomic E-state index is 12.5. The number of amides is 1. The SMILES string of the molecule is Cc1ccccc1N1CC[C@H](CNC(=O)C2CCN(C(C)C)CC2)C1. The number of para-hydroxylation sites is 1. The molecule has 4 nitrogen and oxygen atoms in total. The van der Waals surface area contributed by atoms with Gasteiger partial charge in [0.25, 0.3) is 0 Å². The number of hydrogen-bond donors (Lipinski definition) is 1. The fraction of sp³-hybridized carbons (Fsp3) is 0.667. The van der Waals surface area contributed by atoms with E-state index in [-0.39, 0.29) is 11.8 Å². The van der Waals surface area contributed by atoms with Crippen LogP contribution in [0.25, 0.3) is 0 Å². The first-order chi connectivity index (χ1) is 12.0. The van der Waals surface area contributed by atoms with Crippen LogP contribution in [0.4, 0.5) is 5.69 Å². The predicted molar refractivity (Wildman–Crippen MR) is 104 cm³/mol. The molecule has 0 aliphatic carbocycles. The Hall–Kier alpha value is -1.55. The summed E-state index contributed by atoms with van der Waals surface area (Å²) in [5.41, 5.74) is 2.68. The third kappa shape index (κ3) is 4.55. The number of likely N-dealkylation sites (tertiary alicyclic amines) is 1. The zero-order valence-electron chi connectivity index (χ0n) is 16.0. The molecule has 2 fully saturated rings. The summed E-state index contributed by atoms with van der Waals surface area (Å²) in [7, 11) is 0. The van der Waals surface area contributed by atoms with Gasteiger partial charge < -0.3 is 15.1 Å². The second-order valence-electron chi connectivity index (χ2n) is 8.04. The molecule has 2 aliphatic heterocycles. The van der Waals surface area contributed by atoms with Gasteiger partial charge in [-0.3, -0.25) is 4.79 Å². The van der Waals surface area contributed by atoms with Crippen LogP contribution in [-0.4, -0.2) is 49.6 Å². The molecule has 0 unspecified atom stereocenters. The van der Waals surface area contributed by atoms with E-state index < -0.39 is 0 Å². The van der Waals surface area contributed by atoms with E-state index in [1.54, 1.807) is 0 Å². The van der Waals surface area contributed by atoms with Crippen molar-refractivity contribution >= 4 is 11.6 Å². The maximum Gasteiger partial charge on any atom is 0.223 e. The summed E-state index contributed by atoms with van der Waals surface area (Å²) in [5, 5.41) is 3.24. The smallest absolute Gasteiger partial charge is 0.223 e. The molecular weight excluding hydrogens is 310 g/mol. The molecule has 25 heavy (non-hydrogen) atoms. The van der Waals surface area contributed by atoms with E-state index in [9.17, 15) is 4.79 Å². The van der Waals surface area contributed by atoms with Crippen molar-refractivity contribution in [1.82, 2.24) is 10.2 Å². The number of nitrogens with zero attached hydrogens (tertiary/aromatic N) is 2. The second-order valence-corrected chi connectivity index (χ2v) is 8.04. The molecule has 0 aromatic heterocycles. The minimum Gasteiger partial charge on any atom is -0.371 e. The number of anilines is 1. The Kier molecular flexibility index (Phi) is 6.00. The van der Waals surface area contributed by atoms with Crippen molar-refractivity contribution in [3.8, 4) is 0 Å². The topological polar surface area (TPSA) is 35.6 Å². The number of carbonyl (C=O) groups excluding carboxylic acids is 1. The van der Waals surface area contributed by atoms with Crippen LogP contribution in [0.3, 0.4) is 0 Å². The molecule has 1 aromatic rings. The summed E-state index contributed by atoms with van der Waals surface area (Å²) in [4.78, 5) is 17.4. The van der Waals surface area contributed by atoms with E-state index in [0.717, 1.165) is 45.6 Å². The normalized spacial score (nSPS) is 22.6. The predicted octanol–water partition coefficient (Wildman–Crippen LogP) is 3.06. The Morgan fingerprint density at radius 3 is 2.56 bits per heavy atom. The molecule has 3 rings (SSSR count). The number of piperidine rings is 1. The highest BCUT2D eigenvalue weighted by molar-refractivity contribution is 5.78. The fourth-order valence-corrected chi connectivity index (χ4v) is 4.20. The van der Waals surface area contributed by atoms with Crippen LogP contribution in [0.1, 0.15) is 38.7 Å². The van der Waals surface area contributed by atoms with Gasteiger partial charge in [0, 0.05) is 37.3 Å². The minimum absolute atomic E-state index is 0.212. The van der Waals surface area contributed by atoms with E-state index in [1.165, 1.54) is 17.7 Å². The monoisotopic (exact) mass is 343 g/mol. The summed E-state index contributed by atoms with van der Waals surface area (Å²) in [6.07, 6.45) is 3.18.